The third-order valence-electron chi connectivity index (χ3n) is 4.81. The molecule has 25 heavy (non-hydrogen) atoms. The lowest BCUT2D eigenvalue weighted by atomic mass is 9.94. The van der Waals surface area contributed by atoms with Gasteiger partial charge < -0.3 is 5.73 Å². The summed E-state index contributed by atoms with van der Waals surface area (Å²) in [5.41, 5.74) is 16.9. The molecular weight excluding hydrogens is 304 g/mol. The number of benzene rings is 2. The molecule has 0 spiro atoms. The van der Waals surface area contributed by atoms with Crippen molar-refractivity contribution in [3.63, 3.8) is 0 Å². The van der Waals surface area contributed by atoms with Crippen molar-refractivity contribution < 1.29 is 0 Å². The lowest BCUT2D eigenvalue weighted by Gasteiger charge is -2.14. The maximum Gasteiger partial charge on any atom is 0.0710 e. The zero-order chi connectivity index (χ0) is 18.0. The van der Waals surface area contributed by atoms with Gasteiger partial charge in [0.25, 0.3) is 0 Å². The number of nitrogens with two attached hydrogens (primary N) is 1. The van der Waals surface area contributed by atoms with Crippen LogP contribution in [0.5, 0.6) is 0 Å². The van der Waals surface area contributed by atoms with Crippen LogP contribution in [-0.2, 0) is 13.0 Å². The van der Waals surface area contributed by atoms with Crippen LogP contribution in [0.4, 0.5) is 0 Å². The van der Waals surface area contributed by atoms with Crippen LogP contribution in [-0.4, -0.2) is 4.98 Å². The van der Waals surface area contributed by atoms with Crippen molar-refractivity contribution in [1.82, 2.24) is 4.98 Å². The molecule has 0 fully saturated rings. The Morgan fingerprint density at radius 1 is 0.800 bits per heavy atom. The summed E-state index contributed by atoms with van der Waals surface area (Å²) >= 11 is 0. The van der Waals surface area contributed by atoms with Crippen molar-refractivity contribution in [3.8, 4) is 11.3 Å². The van der Waals surface area contributed by atoms with Crippen molar-refractivity contribution in [2.75, 3.05) is 0 Å². The Morgan fingerprint density at radius 2 is 1.44 bits per heavy atom. The van der Waals surface area contributed by atoms with E-state index in [9.17, 15) is 0 Å². The summed E-state index contributed by atoms with van der Waals surface area (Å²) < 4.78 is 0. The van der Waals surface area contributed by atoms with Crippen molar-refractivity contribution >= 4 is 0 Å². The summed E-state index contributed by atoms with van der Waals surface area (Å²) in [6, 6.07) is 15.3. The monoisotopic (exact) mass is 330 g/mol. The van der Waals surface area contributed by atoms with E-state index in [4.69, 9.17) is 10.7 Å². The second-order valence-electron chi connectivity index (χ2n) is 6.97. The van der Waals surface area contributed by atoms with Gasteiger partial charge in [-0.05, 0) is 73.6 Å². The van der Waals surface area contributed by atoms with Gasteiger partial charge in [0.05, 0.1) is 5.69 Å². The van der Waals surface area contributed by atoms with E-state index in [2.05, 4.69) is 70.2 Å². The molecule has 0 aliphatic rings. The number of hydrogen-bond acceptors (Lipinski definition) is 2. The smallest absolute Gasteiger partial charge is 0.0710 e. The van der Waals surface area contributed by atoms with E-state index in [0.717, 1.165) is 12.1 Å². The number of aromatic nitrogens is 1. The molecule has 0 saturated carbocycles. The number of rotatable bonds is 4. The Balaban J connectivity index is 2.01. The van der Waals surface area contributed by atoms with E-state index < -0.39 is 0 Å². The van der Waals surface area contributed by atoms with Crippen LogP contribution in [0.15, 0.2) is 48.7 Å². The predicted molar refractivity (Wildman–Crippen MR) is 106 cm³/mol. The van der Waals surface area contributed by atoms with Crippen LogP contribution >= 0.6 is 0 Å². The third-order valence-corrected chi connectivity index (χ3v) is 4.81. The van der Waals surface area contributed by atoms with E-state index in [1.54, 1.807) is 0 Å². The largest absolute Gasteiger partial charge is 0.326 e. The van der Waals surface area contributed by atoms with E-state index in [-0.39, 0.29) is 0 Å². The van der Waals surface area contributed by atoms with Gasteiger partial charge in [-0.3, -0.25) is 4.98 Å². The molecule has 1 aromatic heterocycles. The van der Waals surface area contributed by atoms with E-state index >= 15 is 0 Å². The van der Waals surface area contributed by atoms with Crippen LogP contribution < -0.4 is 5.73 Å². The van der Waals surface area contributed by atoms with Crippen LogP contribution in [0.1, 0.15) is 38.9 Å². The highest BCUT2D eigenvalue weighted by atomic mass is 14.7. The van der Waals surface area contributed by atoms with Crippen molar-refractivity contribution in [2.45, 2.75) is 40.7 Å². The Labute approximate surface area is 150 Å². The molecule has 0 aliphatic carbocycles. The van der Waals surface area contributed by atoms with E-state index in [1.165, 1.54) is 44.5 Å². The summed E-state index contributed by atoms with van der Waals surface area (Å²) in [6.45, 7) is 9.11. The summed E-state index contributed by atoms with van der Waals surface area (Å²) in [5, 5.41) is 0. The van der Waals surface area contributed by atoms with Gasteiger partial charge in [-0.1, -0.05) is 42.0 Å². The second-order valence-corrected chi connectivity index (χ2v) is 6.97. The van der Waals surface area contributed by atoms with Gasteiger partial charge in [0.15, 0.2) is 0 Å². The molecule has 3 aromatic rings. The first-order chi connectivity index (χ1) is 12.0. The fourth-order valence-electron chi connectivity index (χ4n) is 3.39. The lowest BCUT2D eigenvalue weighted by Crippen LogP contribution is -2.01. The topological polar surface area (TPSA) is 38.9 Å². The van der Waals surface area contributed by atoms with Gasteiger partial charge in [0, 0.05) is 18.3 Å². The average Bonchev–Trinajstić information content (AvgIpc) is 2.59. The highest BCUT2D eigenvalue weighted by Crippen LogP contribution is 2.29. The molecule has 0 radical (unpaired) electrons. The Hall–Kier alpha value is -2.45. The minimum atomic E-state index is 0.571. The number of nitrogens with zero attached hydrogens (tertiary/aromatic N) is 1. The second kappa shape index (κ2) is 7.20. The molecule has 2 nitrogen and oxygen atoms in total. The van der Waals surface area contributed by atoms with Gasteiger partial charge in [-0.25, -0.2) is 0 Å². The summed E-state index contributed by atoms with van der Waals surface area (Å²) in [5.74, 6) is 0. The number of hydrogen-bond donors (Lipinski definition) is 1. The fraction of sp³-hybridized carbons (Fsp3) is 0.261. The van der Waals surface area contributed by atoms with Crippen LogP contribution in [0, 0.1) is 27.7 Å². The minimum Gasteiger partial charge on any atom is -0.326 e. The first-order valence-electron chi connectivity index (χ1n) is 8.79. The maximum absolute atomic E-state index is 5.80. The zero-order valence-electron chi connectivity index (χ0n) is 15.6. The quantitative estimate of drug-likeness (QED) is 0.728. The van der Waals surface area contributed by atoms with Crippen LogP contribution in [0.2, 0.25) is 0 Å². The highest BCUT2D eigenvalue weighted by Gasteiger charge is 2.11. The Morgan fingerprint density at radius 3 is 2.04 bits per heavy atom. The number of pyridine rings is 1. The van der Waals surface area contributed by atoms with E-state index in [0.29, 0.717) is 6.54 Å². The molecule has 0 atom stereocenters. The van der Waals surface area contributed by atoms with Crippen molar-refractivity contribution in [3.05, 3.63) is 87.6 Å². The standard InChI is InChI=1S/C23H26N2/c1-15-5-7-19(8-6-15)11-21-12-22(25-14-18(21)4)23-16(2)9-20(13-24)10-17(23)3/h5-10,12,14H,11,13,24H2,1-4H3. The predicted octanol–water partition coefficient (Wildman–Crippen LogP) is 5.03. The maximum atomic E-state index is 5.80. The van der Waals surface area contributed by atoms with Gasteiger partial charge in [0.2, 0.25) is 0 Å². The molecule has 2 N–H and O–H groups in total. The normalized spacial score (nSPS) is 10.9. The lowest BCUT2D eigenvalue weighted by molar-refractivity contribution is 1.06. The van der Waals surface area contributed by atoms with Gasteiger partial charge in [-0.15, -0.1) is 0 Å². The van der Waals surface area contributed by atoms with Gasteiger partial charge in [-0.2, -0.15) is 0 Å². The summed E-state index contributed by atoms with van der Waals surface area (Å²) in [6.07, 6.45) is 2.93. The molecule has 2 aromatic carbocycles. The molecule has 0 amide bonds. The molecule has 2 heteroatoms. The molecule has 0 unspecified atom stereocenters. The fourth-order valence-corrected chi connectivity index (χ4v) is 3.39. The van der Waals surface area contributed by atoms with Crippen molar-refractivity contribution in [2.24, 2.45) is 5.73 Å². The number of aryl methyl sites for hydroxylation is 4. The molecule has 3 rings (SSSR count). The third kappa shape index (κ3) is 3.80. The zero-order valence-corrected chi connectivity index (χ0v) is 15.6. The van der Waals surface area contributed by atoms with E-state index in [1.807, 2.05) is 6.20 Å². The van der Waals surface area contributed by atoms with Gasteiger partial charge >= 0.3 is 0 Å². The molecule has 128 valence electrons. The van der Waals surface area contributed by atoms with Crippen LogP contribution in [0.25, 0.3) is 11.3 Å². The summed E-state index contributed by atoms with van der Waals surface area (Å²) in [7, 11) is 0. The first-order valence-corrected chi connectivity index (χ1v) is 8.79. The molecule has 1 heterocycles. The molecule has 0 aliphatic heterocycles. The molecular formula is C23H26N2. The van der Waals surface area contributed by atoms with Gasteiger partial charge in [0.1, 0.15) is 0 Å². The first kappa shape index (κ1) is 17.4. The van der Waals surface area contributed by atoms with Crippen LogP contribution in [0.3, 0.4) is 0 Å². The summed E-state index contributed by atoms with van der Waals surface area (Å²) in [4.78, 5) is 4.71. The SMILES string of the molecule is Cc1ccc(Cc2cc(-c3c(C)cc(CN)cc3C)ncc2C)cc1. The highest BCUT2D eigenvalue weighted by molar-refractivity contribution is 5.69. The molecule has 0 bridgehead atoms. The minimum absolute atomic E-state index is 0.571. The molecule has 0 saturated heterocycles. The Kier molecular flexibility index (Phi) is 5.00. The van der Waals surface area contributed by atoms with Crippen molar-refractivity contribution in [1.29, 1.82) is 0 Å². The average molecular weight is 330 g/mol. The Bertz CT molecular complexity index is 869.